The van der Waals surface area contributed by atoms with Gasteiger partial charge in [-0.25, -0.2) is 14.4 Å². The maximum Gasteiger partial charge on any atom is 0.255 e. The third kappa shape index (κ3) is 2.70. The molecule has 0 aliphatic carbocycles. The molecule has 0 unspecified atom stereocenters. The van der Waals surface area contributed by atoms with Crippen molar-refractivity contribution >= 4 is 23.1 Å². The number of anilines is 1. The van der Waals surface area contributed by atoms with E-state index in [4.69, 9.17) is 5.73 Å². The predicted octanol–water partition coefficient (Wildman–Crippen LogP) is 1.92. The van der Waals surface area contributed by atoms with Crippen LogP contribution in [-0.4, -0.2) is 15.9 Å². The number of nitrogens with two attached hydrogens (primary N) is 1. The molecular formula is C12H13FN4OS. The van der Waals surface area contributed by atoms with Crippen molar-refractivity contribution in [2.75, 3.05) is 5.73 Å². The first-order valence-corrected chi connectivity index (χ1v) is 6.42. The van der Waals surface area contributed by atoms with Crippen LogP contribution in [0.1, 0.15) is 29.2 Å². The van der Waals surface area contributed by atoms with E-state index in [1.165, 1.54) is 23.6 Å². The fraction of sp³-hybridized carbons (Fsp3) is 0.250. The van der Waals surface area contributed by atoms with Gasteiger partial charge in [-0.05, 0) is 19.9 Å². The van der Waals surface area contributed by atoms with Crippen LogP contribution in [0.15, 0.2) is 23.8 Å². The zero-order valence-electron chi connectivity index (χ0n) is 10.5. The van der Waals surface area contributed by atoms with Crippen LogP contribution in [0, 0.1) is 5.82 Å². The third-order valence-corrected chi connectivity index (χ3v) is 3.65. The summed E-state index contributed by atoms with van der Waals surface area (Å²) in [5, 5.41) is 5.28. The van der Waals surface area contributed by atoms with Gasteiger partial charge in [0.25, 0.3) is 5.91 Å². The number of amides is 1. The largest absolute Gasteiger partial charge is 0.381 e. The minimum absolute atomic E-state index is 0.128. The lowest BCUT2D eigenvalue weighted by Gasteiger charge is -2.23. The molecule has 0 aliphatic rings. The number of nitrogen functional groups attached to an aromatic ring is 1. The molecule has 1 amide bonds. The van der Waals surface area contributed by atoms with Crippen molar-refractivity contribution in [3.8, 4) is 0 Å². The summed E-state index contributed by atoms with van der Waals surface area (Å²) in [6.07, 6.45) is 2.95. The first kappa shape index (κ1) is 13.4. The minimum Gasteiger partial charge on any atom is -0.381 e. The van der Waals surface area contributed by atoms with Gasteiger partial charge in [-0.1, -0.05) is 0 Å². The molecule has 5 nitrogen and oxygen atoms in total. The summed E-state index contributed by atoms with van der Waals surface area (Å²) in [6.45, 7) is 3.60. The SMILES string of the molecule is CC(C)(NC(=O)c1ccnc(N)c1F)c1nccs1. The summed E-state index contributed by atoms with van der Waals surface area (Å²) in [4.78, 5) is 19.8. The highest BCUT2D eigenvalue weighted by Crippen LogP contribution is 2.23. The fourth-order valence-electron chi connectivity index (χ4n) is 1.57. The minimum atomic E-state index is -0.810. The number of nitrogens with zero attached hydrogens (tertiary/aromatic N) is 2. The quantitative estimate of drug-likeness (QED) is 0.900. The molecule has 0 atom stereocenters. The molecule has 100 valence electrons. The summed E-state index contributed by atoms with van der Waals surface area (Å²) >= 11 is 1.42. The van der Waals surface area contributed by atoms with Crippen LogP contribution in [0.3, 0.4) is 0 Å². The van der Waals surface area contributed by atoms with Gasteiger partial charge in [0.15, 0.2) is 11.6 Å². The van der Waals surface area contributed by atoms with Gasteiger partial charge in [0.05, 0.1) is 11.1 Å². The van der Waals surface area contributed by atoms with Crippen molar-refractivity contribution in [2.45, 2.75) is 19.4 Å². The van der Waals surface area contributed by atoms with Gasteiger partial charge in [-0.3, -0.25) is 4.79 Å². The molecule has 0 aliphatic heterocycles. The first-order valence-electron chi connectivity index (χ1n) is 5.54. The molecule has 7 heteroatoms. The molecule has 0 bridgehead atoms. The zero-order chi connectivity index (χ0) is 14.0. The van der Waals surface area contributed by atoms with E-state index in [-0.39, 0.29) is 11.4 Å². The van der Waals surface area contributed by atoms with Gasteiger partial charge in [-0.2, -0.15) is 0 Å². The molecule has 2 heterocycles. The Balaban J connectivity index is 2.24. The van der Waals surface area contributed by atoms with Crippen molar-refractivity contribution in [2.24, 2.45) is 0 Å². The summed E-state index contributed by atoms with van der Waals surface area (Å²) in [7, 11) is 0. The van der Waals surface area contributed by atoms with Gasteiger partial charge >= 0.3 is 0 Å². The van der Waals surface area contributed by atoms with Crippen LogP contribution in [0.25, 0.3) is 0 Å². The Morgan fingerprint density at radius 1 is 1.42 bits per heavy atom. The van der Waals surface area contributed by atoms with Crippen LogP contribution in [0.4, 0.5) is 10.2 Å². The number of pyridine rings is 1. The molecule has 0 saturated carbocycles. The van der Waals surface area contributed by atoms with Gasteiger partial charge < -0.3 is 11.1 Å². The van der Waals surface area contributed by atoms with E-state index in [0.717, 1.165) is 5.01 Å². The fourth-order valence-corrected chi connectivity index (χ4v) is 2.29. The number of carbonyl (C=O) groups is 1. The van der Waals surface area contributed by atoms with Crippen molar-refractivity contribution in [1.82, 2.24) is 15.3 Å². The van der Waals surface area contributed by atoms with E-state index >= 15 is 0 Å². The predicted molar refractivity (Wildman–Crippen MR) is 71.2 cm³/mol. The van der Waals surface area contributed by atoms with E-state index in [1.807, 2.05) is 5.38 Å². The number of nitrogens with one attached hydrogen (secondary N) is 1. The number of thiazole rings is 1. The lowest BCUT2D eigenvalue weighted by molar-refractivity contribution is 0.0907. The Hall–Kier alpha value is -2.02. The lowest BCUT2D eigenvalue weighted by Crippen LogP contribution is -2.41. The van der Waals surface area contributed by atoms with Crippen LogP contribution < -0.4 is 11.1 Å². The molecule has 0 saturated heterocycles. The summed E-state index contributed by atoms with van der Waals surface area (Å²) < 4.78 is 13.7. The smallest absolute Gasteiger partial charge is 0.255 e. The normalized spacial score (nSPS) is 11.3. The molecular weight excluding hydrogens is 267 g/mol. The van der Waals surface area contributed by atoms with Crippen LogP contribution in [0.2, 0.25) is 0 Å². The molecule has 3 N–H and O–H groups in total. The standard InChI is InChI=1S/C12H13FN4OS/c1-12(2,11-16-5-6-19-11)17-10(18)7-3-4-15-9(14)8(7)13/h3-6H,1-2H3,(H2,14,15)(H,17,18). The Morgan fingerprint density at radius 2 is 2.16 bits per heavy atom. The number of aromatic nitrogens is 2. The van der Waals surface area contributed by atoms with Crippen molar-refractivity contribution in [1.29, 1.82) is 0 Å². The number of rotatable bonds is 3. The van der Waals surface area contributed by atoms with Crippen molar-refractivity contribution in [3.63, 3.8) is 0 Å². The number of carbonyl (C=O) groups excluding carboxylic acids is 1. The summed E-state index contributed by atoms with van der Waals surface area (Å²) in [5.74, 6) is -1.65. The molecule has 2 aromatic heterocycles. The van der Waals surface area contributed by atoms with Gasteiger partial charge in [0.2, 0.25) is 0 Å². The van der Waals surface area contributed by atoms with Crippen LogP contribution >= 0.6 is 11.3 Å². The monoisotopic (exact) mass is 280 g/mol. The van der Waals surface area contributed by atoms with Gasteiger partial charge in [0, 0.05) is 17.8 Å². The molecule has 0 fully saturated rings. The second-order valence-electron chi connectivity index (χ2n) is 4.47. The Kier molecular flexibility index (Phi) is 3.48. The highest BCUT2D eigenvalue weighted by molar-refractivity contribution is 7.09. The zero-order valence-corrected chi connectivity index (χ0v) is 11.3. The Bertz CT molecular complexity index is 598. The summed E-state index contributed by atoms with van der Waals surface area (Å²) in [5.41, 5.74) is 4.53. The third-order valence-electron chi connectivity index (χ3n) is 2.55. The maximum atomic E-state index is 13.7. The molecule has 0 aromatic carbocycles. The molecule has 2 rings (SSSR count). The number of hydrogen-bond donors (Lipinski definition) is 2. The van der Waals surface area contributed by atoms with Crippen molar-refractivity contribution in [3.05, 3.63) is 40.2 Å². The number of hydrogen-bond acceptors (Lipinski definition) is 5. The lowest BCUT2D eigenvalue weighted by atomic mass is 10.1. The summed E-state index contributed by atoms with van der Waals surface area (Å²) in [6, 6.07) is 1.29. The average molecular weight is 280 g/mol. The average Bonchev–Trinajstić information content (AvgIpc) is 2.86. The van der Waals surface area contributed by atoms with Crippen molar-refractivity contribution < 1.29 is 9.18 Å². The molecule has 0 radical (unpaired) electrons. The second-order valence-corrected chi connectivity index (χ2v) is 5.37. The topological polar surface area (TPSA) is 80.9 Å². The first-order chi connectivity index (χ1) is 8.92. The Morgan fingerprint density at radius 3 is 2.79 bits per heavy atom. The maximum absolute atomic E-state index is 13.7. The van der Waals surface area contributed by atoms with E-state index < -0.39 is 17.3 Å². The second kappa shape index (κ2) is 4.93. The van der Waals surface area contributed by atoms with E-state index in [0.29, 0.717) is 0 Å². The van der Waals surface area contributed by atoms with Gasteiger partial charge in [0.1, 0.15) is 5.01 Å². The highest BCUT2D eigenvalue weighted by Gasteiger charge is 2.27. The van der Waals surface area contributed by atoms with E-state index in [9.17, 15) is 9.18 Å². The molecule has 19 heavy (non-hydrogen) atoms. The van der Waals surface area contributed by atoms with E-state index in [1.54, 1.807) is 20.0 Å². The number of halogens is 1. The van der Waals surface area contributed by atoms with Crippen LogP contribution in [0.5, 0.6) is 0 Å². The molecule has 2 aromatic rings. The van der Waals surface area contributed by atoms with E-state index in [2.05, 4.69) is 15.3 Å². The van der Waals surface area contributed by atoms with Crippen LogP contribution in [-0.2, 0) is 5.54 Å². The molecule has 0 spiro atoms. The Labute approximate surface area is 113 Å². The van der Waals surface area contributed by atoms with Gasteiger partial charge in [-0.15, -0.1) is 11.3 Å². The highest BCUT2D eigenvalue weighted by atomic mass is 32.1.